The van der Waals surface area contributed by atoms with Gasteiger partial charge >= 0.3 is 0 Å². The zero-order valence-electron chi connectivity index (χ0n) is 11.1. The summed E-state index contributed by atoms with van der Waals surface area (Å²) in [7, 11) is 0. The van der Waals surface area contributed by atoms with E-state index >= 15 is 0 Å². The highest BCUT2D eigenvalue weighted by molar-refractivity contribution is 6.23. The molecule has 98 valence electrons. The molecule has 0 fully saturated rings. The average Bonchev–Trinajstić information content (AvgIpc) is 2.47. The summed E-state index contributed by atoms with van der Waals surface area (Å²) >= 11 is 6.43. The van der Waals surface area contributed by atoms with Gasteiger partial charge in [0.05, 0.1) is 6.04 Å². The van der Waals surface area contributed by atoms with Gasteiger partial charge < -0.3 is 0 Å². The Hall–Kier alpha value is -1.67. The van der Waals surface area contributed by atoms with E-state index in [2.05, 4.69) is 10.2 Å². The molecule has 0 N–H and O–H groups in total. The Morgan fingerprint density at radius 1 is 0.947 bits per heavy atom. The first kappa shape index (κ1) is 13.8. The predicted molar refractivity (Wildman–Crippen MR) is 79.4 cm³/mol. The third-order valence-corrected chi connectivity index (χ3v) is 3.30. The van der Waals surface area contributed by atoms with Gasteiger partial charge in [0.2, 0.25) is 0 Å². The molecule has 0 aliphatic carbocycles. The van der Waals surface area contributed by atoms with Crippen molar-refractivity contribution in [2.24, 2.45) is 10.2 Å². The van der Waals surface area contributed by atoms with Crippen molar-refractivity contribution in [1.82, 2.24) is 0 Å². The number of benzene rings is 2. The molecule has 0 spiro atoms. The molecule has 0 heterocycles. The van der Waals surface area contributed by atoms with E-state index in [1.54, 1.807) is 0 Å². The summed E-state index contributed by atoms with van der Waals surface area (Å²) in [6, 6.07) is 19.8. The maximum Gasteiger partial charge on any atom is 0.176 e. The molecule has 2 unspecified atom stereocenters. The maximum absolute atomic E-state index is 6.43. The highest BCUT2D eigenvalue weighted by Gasteiger charge is 2.22. The van der Waals surface area contributed by atoms with E-state index in [9.17, 15) is 0 Å². The number of hydrogen-bond donors (Lipinski definition) is 0. The summed E-state index contributed by atoms with van der Waals surface area (Å²) in [5.74, 6) is 0. The molecule has 3 heteroatoms. The lowest BCUT2D eigenvalue weighted by atomic mass is 10.1. The smallest absolute Gasteiger partial charge is 0.176 e. The van der Waals surface area contributed by atoms with E-state index in [4.69, 9.17) is 11.6 Å². The van der Waals surface area contributed by atoms with Crippen LogP contribution in [-0.2, 0) is 5.00 Å². The SMILES string of the molecule is CC(N=NC(C)(Cl)c1ccccc1)c1ccccc1. The summed E-state index contributed by atoms with van der Waals surface area (Å²) in [5.41, 5.74) is 2.08. The van der Waals surface area contributed by atoms with Crippen LogP contribution in [0.1, 0.15) is 31.0 Å². The maximum atomic E-state index is 6.43. The minimum Gasteiger partial charge on any atom is -0.184 e. The lowest BCUT2D eigenvalue weighted by Crippen LogP contribution is -2.09. The van der Waals surface area contributed by atoms with Crippen LogP contribution < -0.4 is 0 Å². The van der Waals surface area contributed by atoms with Crippen LogP contribution in [0.25, 0.3) is 0 Å². The summed E-state index contributed by atoms with van der Waals surface area (Å²) in [6.07, 6.45) is 0. The van der Waals surface area contributed by atoms with E-state index in [-0.39, 0.29) is 6.04 Å². The van der Waals surface area contributed by atoms with Crippen LogP contribution in [0.5, 0.6) is 0 Å². The van der Waals surface area contributed by atoms with E-state index in [1.165, 1.54) is 0 Å². The highest BCUT2D eigenvalue weighted by atomic mass is 35.5. The van der Waals surface area contributed by atoms with Gasteiger partial charge in [-0.25, -0.2) is 0 Å². The van der Waals surface area contributed by atoms with Gasteiger partial charge in [-0.2, -0.15) is 10.2 Å². The van der Waals surface area contributed by atoms with Crippen molar-refractivity contribution >= 4 is 11.6 Å². The first-order valence-corrected chi connectivity index (χ1v) is 6.69. The molecule has 2 rings (SSSR count). The van der Waals surface area contributed by atoms with Crippen molar-refractivity contribution in [3.63, 3.8) is 0 Å². The molecule has 0 aromatic heterocycles. The van der Waals surface area contributed by atoms with Gasteiger partial charge in [0.25, 0.3) is 0 Å². The lowest BCUT2D eigenvalue weighted by molar-refractivity contribution is 0.612. The number of alkyl halides is 1. The molecule has 0 radical (unpaired) electrons. The fourth-order valence-electron chi connectivity index (χ4n) is 1.79. The monoisotopic (exact) mass is 272 g/mol. The van der Waals surface area contributed by atoms with Crippen LogP contribution in [0.4, 0.5) is 0 Å². The van der Waals surface area contributed by atoms with Crippen molar-refractivity contribution in [2.45, 2.75) is 24.9 Å². The first-order chi connectivity index (χ1) is 9.09. The standard InChI is InChI=1S/C16H17ClN2/c1-13(14-9-5-3-6-10-14)18-19-16(2,17)15-11-7-4-8-12-15/h3-13H,1-2H3. The molecule has 2 aromatic carbocycles. The first-order valence-electron chi connectivity index (χ1n) is 6.31. The largest absolute Gasteiger partial charge is 0.184 e. The van der Waals surface area contributed by atoms with Crippen LogP contribution in [0.3, 0.4) is 0 Å². The second-order valence-corrected chi connectivity index (χ2v) is 5.36. The number of hydrogen-bond acceptors (Lipinski definition) is 2. The van der Waals surface area contributed by atoms with Gasteiger partial charge in [-0.15, -0.1) is 0 Å². The summed E-state index contributed by atoms with van der Waals surface area (Å²) in [6.45, 7) is 3.86. The topological polar surface area (TPSA) is 24.7 Å². The van der Waals surface area contributed by atoms with Crippen LogP contribution in [-0.4, -0.2) is 0 Å². The molecule has 2 aromatic rings. The molecule has 0 aliphatic heterocycles. The van der Waals surface area contributed by atoms with Crippen molar-refractivity contribution in [3.8, 4) is 0 Å². The van der Waals surface area contributed by atoms with Crippen molar-refractivity contribution in [3.05, 3.63) is 71.8 Å². The quantitative estimate of drug-likeness (QED) is 0.409. The molecule has 0 aliphatic rings. The van der Waals surface area contributed by atoms with Crippen LogP contribution >= 0.6 is 11.6 Å². The Kier molecular flexibility index (Phi) is 4.33. The summed E-state index contributed by atoms with van der Waals surface area (Å²) in [5, 5.41) is 8.63. The van der Waals surface area contributed by atoms with E-state index in [1.807, 2.05) is 74.5 Å². The van der Waals surface area contributed by atoms with Gasteiger partial charge in [-0.05, 0) is 25.0 Å². The van der Waals surface area contributed by atoms with Crippen LogP contribution in [0, 0.1) is 0 Å². The Labute approximate surface area is 119 Å². The number of rotatable bonds is 4. The van der Waals surface area contributed by atoms with Crippen molar-refractivity contribution in [1.29, 1.82) is 0 Å². The Morgan fingerprint density at radius 2 is 1.47 bits per heavy atom. The zero-order valence-corrected chi connectivity index (χ0v) is 11.9. The zero-order chi connectivity index (χ0) is 13.7. The van der Waals surface area contributed by atoms with Gasteiger partial charge in [-0.1, -0.05) is 72.3 Å². The molecule has 2 atom stereocenters. The molecule has 0 saturated carbocycles. The molecule has 0 bridgehead atoms. The highest BCUT2D eigenvalue weighted by Crippen LogP contribution is 2.31. The normalized spacial score (nSPS) is 16.2. The minimum atomic E-state index is -0.815. The van der Waals surface area contributed by atoms with Gasteiger partial charge in [0.15, 0.2) is 5.00 Å². The molecule has 2 nitrogen and oxygen atoms in total. The van der Waals surface area contributed by atoms with Crippen molar-refractivity contribution in [2.75, 3.05) is 0 Å². The Bertz CT molecular complexity index is 535. The molecular formula is C16H17ClN2. The third-order valence-electron chi connectivity index (χ3n) is 3.00. The van der Waals surface area contributed by atoms with Crippen molar-refractivity contribution < 1.29 is 0 Å². The van der Waals surface area contributed by atoms with Crippen LogP contribution in [0.15, 0.2) is 70.9 Å². The molecule has 0 amide bonds. The van der Waals surface area contributed by atoms with E-state index < -0.39 is 5.00 Å². The van der Waals surface area contributed by atoms with Gasteiger partial charge in [0.1, 0.15) is 0 Å². The molecule has 0 saturated heterocycles. The number of halogens is 1. The number of nitrogens with zero attached hydrogens (tertiary/aromatic N) is 2. The second kappa shape index (κ2) is 5.98. The summed E-state index contributed by atoms with van der Waals surface area (Å²) < 4.78 is 0. The van der Waals surface area contributed by atoms with Gasteiger partial charge in [0, 0.05) is 0 Å². The summed E-state index contributed by atoms with van der Waals surface area (Å²) in [4.78, 5) is -0.815. The van der Waals surface area contributed by atoms with E-state index in [0.717, 1.165) is 11.1 Å². The average molecular weight is 273 g/mol. The minimum absolute atomic E-state index is 0.00277. The fourth-order valence-corrected chi connectivity index (χ4v) is 1.96. The Morgan fingerprint density at radius 3 is 2.05 bits per heavy atom. The Balaban J connectivity index is 2.14. The third kappa shape index (κ3) is 3.65. The van der Waals surface area contributed by atoms with Gasteiger partial charge in [-0.3, -0.25) is 0 Å². The van der Waals surface area contributed by atoms with E-state index in [0.29, 0.717) is 0 Å². The number of azo groups is 1. The predicted octanol–water partition coefficient (Wildman–Crippen LogP) is 5.31. The van der Waals surface area contributed by atoms with Crippen LogP contribution in [0.2, 0.25) is 0 Å². The molecule has 19 heavy (non-hydrogen) atoms. The fraction of sp³-hybridized carbons (Fsp3) is 0.250. The lowest BCUT2D eigenvalue weighted by Gasteiger charge is -2.17. The second-order valence-electron chi connectivity index (χ2n) is 4.62. The molecular weight excluding hydrogens is 256 g/mol.